The van der Waals surface area contributed by atoms with E-state index in [1.807, 2.05) is 6.07 Å². The molecule has 5 heterocycles. The molecule has 13 nitrogen and oxygen atoms in total. The predicted molar refractivity (Wildman–Crippen MR) is 162 cm³/mol. The van der Waals surface area contributed by atoms with Crippen LogP contribution in [0.25, 0.3) is 16.9 Å². The number of ether oxygens (including phenoxy) is 1. The number of hydrogen-bond acceptors (Lipinski definition) is 9. The highest BCUT2D eigenvalue weighted by molar-refractivity contribution is 5.95. The van der Waals surface area contributed by atoms with Gasteiger partial charge in [0.05, 0.1) is 24.8 Å². The molecule has 0 bridgehead atoms. The number of alkyl halides is 3. The molecule has 0 saturated carbocycles. The van der Waals surface area contributed by atoms with E-state index in [2.05, 4.69) is 52.1 Å². The van der Waals surface area contributed by atoms with Crippen molar-refractivity contribution in [2.24, 2.45) is 0 Å². The van der Waals surface area contributed by atoms with Crippen molar-refractivity contribution in [3.8, 4) is 23.2 Å². The van der Waals surface area contributed by atoms with Gasteiger partial charge in [0.25, 0.3) is 5.91 Å². The molecule has 2 aliphatic heterocycles. The van der Waals surface area contributed by atoms with Crippen molar-refractivity contribution >= 4 is 35.1 Å². The van der Waals surface area contributed by atoms with Crippen LogP contribution in [0.2, 0.25) is 0 Å². The van der Waals surface area contributed by atoms with E-state index in [-0.39, 0.29) is 29.7 Å². The number of nitrogens with zero attached hydrogens (tertiary/aromatic N) is 7. The van der Waals surface area contributed by atoms with Crippen molar-refractivity contribution in [1.29, 1.82) is 0 Å². The normalized spacial score (nSPS) is 15.7. The molecule has 16 heteroatoms. The van der Waals surface area contributed by atoms with Gasteiger partial charge in [0, 0.05) is 58.2 Å². The zero-order valence-corrected chi connectivity index (χ0v) is 25.5. The number of methoxy groups -OCH3 is 1. The zero-order valence-electron chi connectivity index (χ0n) is 25.5. The number of rotatable bonds is 7. The summed E-state index contributed by atoms with van der Waals surface area (Å²) in [6.07, 6.45) is -0.0249. The number of hydrogen-bond donors (Lipinski definition) is 2. The number of nitrogens with one attached hydrogen (secondary N) is 2. The number of carbonyl (C=O) groups is 3. The Hall–Kier alpha value is -4.91. The van der Waals surface area contributed by atoms with E-state index >= 15 is 0 Å². The van der Waals surface area contributed by atoms with Gasteiger partial charge in [0.1, 0.15) is 11.3 Å². The molecule has 0 radical (unpaired) electrons. The van der Waals surface area contributed by atoms with Crippen LogP contribution in [0.1, 0.15) is 37.3 Å². The highest BCUT2D eigenvalue weighted by Crippen LogP contribution is 2.38. The fourth-order valence-electron chi connectivity index (χ4n) is 5.51. The summed E-state index contributed by atoms with van der Waals surface area (Å²) in [5.74, 6) is 4.22. The molecule has 2 saturated heterocycles. The third-order valence-corrected chi connectivity index (χ3v) is 7.79. The van der Waals surface area contributed by atoms with E-state index in [4.69, 9.17) is 0 Å². The number of aromatic nitrogens is 4. The maximum absolute atomic E-state index is 14.3. The van der Waals surface area contributed by atoms with E-state index in [0.717, 1.165) is 44.2 Å². The second-order valence-corrected chi connectivity index (χ2v) is 10.9. The molecular formula is C30H34F3N9O4. The van der Waals surface area contributed by atoms with Crippen LogP contribution in [0, 0.1) is 11.8 Å². The summed E-state index contributed by atoms with van der Waals surface area (Å²) < 4.78 is 48.8. The standard InChI is InChI=1S/C30H34F3N9O4/c1-3-7-25(43)35-17-26(44)40-12-10-39(11-13-40)18-20-14-23-28(41-8-5-4-6-9-41)37-27(38-42(23)19-20)21-16-34-24(36-29(45)46-2)15-22(21)30(31,32)33/h14-16,19H,4-6,8-13,17-18H2,1-2H3,(H,35,43)(H,34,36,45). The Morgan fingerprint density at radius 1 is 1.04 bits per heavy atom. The van der Waals surface area contributed by atoms with E-state index in [1.54, 1.807) is 22.5 Å². The average molecular weight is 642 g/mol. The summed E-state index contributed by atoms with van der Waals surface area (Å²) in [5.41, 5.74) is 0.195. The minimum absolute atomic E-state index is 0.116. The first-order chi connectivity index (χ1) is 22.0. The van der Waals surface area contributed by atoms with Gasteiger partial charge >= 0.3 is 12.3 Å². The number of halogens is 3. The van der Waals surface area contributed by atoms with Gasteiger partial charge in [-0.1, -0.05) is 5.92 Å². The van der Waals surface area contributed by atoms with Crippen LogP contribution in [0.3, 0.4) is 0 Å². The Bertz CT molecular complexity index is 1670. The molecule has 46 heavy (non-hydrogen) atoms. The number of pyridine rings is 1. The molecule has 0 aliphatic carbocycles. The van der Waals surface area contributed by atoms with Crippen molar-refractivity contribution in [2.45, 2.75) is 38.9 Å². The number of piperazine rings is 1. The lowest BCUT2D eigenvalue weighted by Crippen LogP contribution is -2.50. The van der Waals surface area contributed by atoms with Gasteiger partial charge in [-0.2, -0.15) is 13.2 Å². The van der Waals surface area contributed by atoms with Gasteiger partial charge in [-0.25, -0.2) is 19.3 Å². The Morgan fingerprint density at radius 3 is 2.46 bits per heavy atom. The van der Waals surface area contributed by atoms with Crippen LogP contribution in [0.5, 0.6) is 0 Å². The Kier molecular flexibility index (Phi) is 9.90. The summed E-state index contributed by atoms with van der Waals surface area (Å²) in [6, 6.07) is 2.68. The van der Waals surface area contributed by atoms with E-state index in [0.29, 0.717) is 57.1 Å². The fraction of sp³-hybridized carbons (Fsp3) is 0.467. The molecule has 0 atom stereocenters. The quantitative estimate of drug-likeness (QED) is 0.373. The monoisotopic (exact) mass is 641 g/mol. The van der Waals surface area contributed by atoms with Gasteiger partial charge in [-0.05, 0) is 49.8 Å². The largest absolute Gasteiger partial charge is 0.453 e. The second-order valence-electron chi connectivity index (χ2n) is 10.9. The molecule has 5 rings (SSSR count). The van der Waals surface area contributed by atoms with Gasteiger partial charge in [-0.3, -0.25) is 19.8 Å². The lowest BCUT2D eigenvalue weighted by atomic mass is 10.1. The van der Waals surface area contributed by atoms with E-state index in [9.17, 15) is 27.6 Å². The third-order valence-electron chi connectivity index (χ3n) is 7.79. The summed E-state index contributed by atoms with van der Waals surface area (Å²) in [7, 11) is 1.10. The van der Waals surface area contributed by atoms with Crippen LogP contribution >= 0.6 is 0 Å². The molecule has 244 valence electrons. The van der Waals surface area contributed by atoms with E-state index < -0.39 is 23.7 Å². The second kappa shape index (κ2) is 14.0. The summed E-state index contributed by atoms with van der Waals surface area (Å²) in [6.45, 7) is 5.55. The van der Waals surface area contributed by atoms with Crippen LogP contribution < -0.4 is 15.5 Å². The molecular weight excluding hydrogens is 607 g/mol. The first kappa shape index (κ1) is 32.5. The van der Waals surface area contributed by atoms with Gasteiger partial charge < -0.3 is 19.9 Å². The predicted octanol–water partition coefficient (Wildman–Crippen LogP) is 2.76. The highest BCUT2D eigenvalue weighted by atomic mass is 19.4. The molecule has 3 aromatic rings. The summed E-state index contributed by atoms with van der Waals surface area (Å²) in [5, 5.41) is 9.15. The molecule has 0 spiro atoms. The minimum atomic E-state index is -4.78. The van der Waals surface area contributed by atoms with Crippen LogP contribution in [-0.4, -0.2) is 100 Å². The zero-order chi connectivity index (χ0) is 32.8. The third kappa shape index (κ3) is 7.65. The number of anilines is 2. The first-order valence-corrected chi connectivity index (χ1v) is 14.8. The lowest BCUT2D eigenvalue weighted by Gasteiger charge is -2.34. The molecule has 2 N–H and O–H groups in total. The molecule has 3 aromatic heterocycles. The number of carbonyl (C=O) groups excluding carboxylic acids is 3. The lowest BCUT2D eigenvalue weighted by molar-refractivity contribution is -0.137. The van der Waals surface area contributed by atoms with E-state index in [1.165, 1.54) is 0 Å². The smallest absolute Gasteiger partial charge is 0.417 e. The topological polar surface area (TPSA) is 137 Å². The van der Waals surface area contributed by atoms with Crippen LogP contribution in [0.4, 0.5) is 29.6 Å². The average Bonchev–Trinajstić information content (AvgIpc) is 3.46. The first-order valence-electron chi connectivity index (χ1n) is 14.8. The summed E-state index contributed by atoms with van der Waals surface area (Å²) >= 11 is 0. The molecule has 2 aliphatic rings. The minimum Gasteiger partial charge on any atom is -0.453 e. The van der Waals surface area contributed by atoms with Crippen molar-refractivity contribution in [3.63, 3.8) is 0 Å². The molecule has 3 amide bonds. The number of fused-ring (bicyclic) bond motifs is 1. The van der Waals surface area contributed by atoms with Crippen molar-refractivity contribution in [3.05, 3.63) is 35.7 Å². The van der Waals surface area contributed by atoms with Crippen LogP contribution in [-0.2, 0) is 27.0 Å². The Morgan fingerprint density at radius 2 is 1.78 bits per heavy atom. The van der Waals surface area contributed by atoms with Crippen molar-refractivity contribution < 1.29 is 32.3 Å². The van der Waals surface area contributed by atoms with Crippen LogP contribution in [0.15, 0.2) is 24.5 Å². The maximum atomic E-state index is 14.3. The number of piperidine rings is 1. The van der Waals surface area contributed by atoms with Crippen molar-refractivity contribution in [1.82, 2.24) is 34.7 Å². The fourth-order valence-corrected chi connectivity index (χ4v) is 5.51. The maximum Gasteiger partial charge on any atom is 0.417 e. The van der Waals surface area contributed by atoms with Gasteiger partial charge in [0.15, 0.2) is 11.6 Å². The number of amides is 3. The molecule has 0 unspecified atom stereocenters. The highest BCUT2D eigenvalue weighted by Gasteiger charge is 2.36. The van der Waals surface area contributed by atoms with Gasteiger partial charge in [0.2, 0.25) is 5.91 Å². The summed E-state index contributed by atoms with van der Waals surface area (Å²) in [4.78, 5) is 50.2. The molecule has 0 aromatic carbocycles. The Labute approximate surface area is 263 Å². The van der Waals surface area contributed by atoms with Gasteiger partial charge in [-0.15, -0.1) is 5.10 Å². The molecule has 2 fully saturated rings. The SMILES string of the molecule is CC#CC(=O)NCC(=O)N1CCN(Cc2cc3c(N4CCCCC4)nc(-c4cnc(NC(=O)OC)cc4C(F)(F)F)nn3c2)CC1. The van der Waals surface area contributed by atoms with Crippen molar-refractivity contribution in [2.75, 3.05) is 63.1 Å². The Balaban J connectivity index is 1.40.